The van der Waals surface area contributed by atoms with Crippen molar-refractivity contribution in [2.24, 2.45) is 17.2 Å². The van der Waals surface area contributed by atoms with Crippen LogP contribution in [0.25, 0.3) is 10.9 Å². The first kappa shape index (κ1) is 29.6. The first-order valence-electron chi connectivity index (χ1n) is 13.0. The van der Waals surface area contributed by atoms with Gasteiger partial charge in [-0.1, -0.05) is 18.2 Å². The molecule has 1 fully saturated rings. The fourth-order valence-electron chi connectivity index (χ4n) is 4.84. The van der Waals surface area contributed by atoms with E-state index in [0.717, 1.165) is 16.5 Å². The number of nitrogens with two attached hydrogens (primary N) is 3. The lowest BCUT2D eigenvalue weighted by Crippen LogP contribution is -2.57. The maximum absolute atomic E-state index is 13.4. The van der Waals surface area contributed by atoms with Crippen molar-refractivity contribution in [2.45, 2.75) is 69.1 Å². The Bertz CT molecular complexity index is 1200. The molecule has 0 bridgehead atoms. The van der Waals surface area contributed by atoms with Crippen molar-refractivity contribution in [1.29, 1.82) is 0 Å². The molecule has 1 aliphatic rings. The number of carbonyl (C=O) groups is 5. The fourth-order valence-corrected chi connectivity index (χ4v) is 4.84. The molecule has 4 atom stereocenters. The molecule has 13 heteroatoms. The number of benzene rings is 1. The number of fused-ring (bicyclic) bond motifs is 1. The van der Waals surface area contributed by atoms with Gasteiger partial charge in [-0.25, -0.2) is 4.79 Å². The van der Waals surface area contributed by atoms with Crippen LogP contribution in [0, 0.1) is 0 Å². The van der Waals surface area contributed by atoms with Crippen molar-refractivity contribution in [3.63, 3.8) is 0 Å². The smallest absolute Gasteiger partial charge is 0.326 e. The lowest BCUT2D eigenvalue weighted by molar-refractivity contribution is -0.143. The number of nitrogens with one attached hydrogen (secondary N) is 3. The van der Waals surface area contributed by atoms with Crippen LogP contribution >= 0.6 is 0 Å². The van der Waals surface area contributed by atoms with Gasteiger partial charge in [-0.3, -0.25) is 19.2 Å². The second-order valence-corrected chi connectivity index (χ2v) is 9.78. The summed E-state index contributed by atoms with van der Waals surface area (Å²) in [5.41, 5.74) is 18.1. The third kappa shape index (κ3) is 7.77. The van der Waals surface area contributed by atoms with E-state index >= 15 is 0 Å². The van der Waals surface area contributed by atoms with Crippen LogP contribution in [-0.4, -0.2) is 81.8 Å². The molecule has 1 saturated heterocycles. The van der Waals surface area contributed by atoms with Crippen LogP contribution in [0.4, 0.5) is 0 Å². The number of aliphatic carboxylic acids is 1. The average molecular weight is 544 g/mol. The number of hydrogen-bond donors (Lipinski definition) is 7. The number of primary amides is 1. The number of aromatic amines is 1. The molecular weight excluding hydrogens is 506 g/mol. The van der Waals surface area contributed by atoms with Crippen LogP contribution < -0.4 is 27.8 Å². The number of likely N-dealkylation sites (tertiary alicyclic amines) is 1. The number of carboxylic acid groups (broad SMARTS) is 1. The van der Waals surface area contributed by atoms with Crippen LogP contribution in [0.2, 0.25) is 0 Å². The normalized spacial score (nSPS) is 17.4. The molecule has 13 nitrogen and oxygen atoms in total. The summed E-state index contributed by atoms with van der Waals surface area (Å²) in [6, 6.07) is 3.13. The number of para-hydroxylation sites is 1. The van der Waals surface area contributed by atoms with Gasteiger partial charge in [0.05, 0.1) is 12.5 Å². The van der Waals surface area contributed by atoms with Gasteiger partial charge < -0.3 is 42.8 Å². The predicted molar refractivity (Wildman–Crippen MR) is 143 cm³/mol. The van der Waals surface area contributed by atoms with Gasteiger partial charge in [0.2, 0.25) is 23.6 Å². The third-order valence-electron chi connectivity index (χ3n) is 6.87. The summed E-state index contributed by atoms with van der Waals surface area (Å²) >= 11 is 0. The number of hydrogen-bond acceptors (Lipinski definition) is 7. The zero-order valence-electron chi connectivity index (χ0n) is 21.7. The van der Waals surface area contributed by atoms with Crippen molar-refractivity contribution < 1.29 is 29.1 Å². The number of carboxylic acids is 1. The first-order chi connectivity index (χ1) is 18.6. The van der Waals surface area contributed by atoms with Crippen molar-refractivity contribution in [1.82, 2.24) is 20.5 Å². The maximum Gasteiger partial charge on any atom is 0.326 e. The van der Waals surface area contributed by atoms with E-state index in [1.807, 2.05) is 24.3 Å². The Balaban J connectivity index is 1.81. The predicted octanol–water partition coefficient (Wildman–Crippen LogP) is -0.913. The van der Waals surface area contributed by atoms with E-state index in [2.05, 4.69) is 15.6 Å². The second kappa shape index (κ2) is 13.7. The molecule has 4 unspecified atom stereocenters. The lowest BCUT2D eigenvalue weighted by Gasteiger charge is -2.28. The maximum atomic E-state index is 13.4. The number of aromatic nitrogens is 1. The Labute approximate surface area is 225 Å². The summed E-state index contributed by atoms with van der Waals surface area (Å²) in [5, 5.41) is 15.8. The summed E-state index contributed by atoms with van der Waals surface area (Å²) in [4.78, 5) is 67.0. The Morgan fingerprint density at radius 3 is 2.54 bits per heavy atom. The van der Waals surface area contributed by atoms with E-state index in [1.165, 1.54) is 4.90 Å². The highest BCUT2D eigenvalue weighted by Gasteiger charge is 2.38. The Morgan fingerprint density at radius 2 is 1.85 bits per heavy atom. The summed E-state index contributed by atoms with van der Waals surface area (Å²) < 4.78 is 0. The van der Waals surface area contributed by atoms with Crippen LogP contribution in [0.15, 0.2) is 30.5 Å². The highest BCUT2D eigenvalue weighted by Crippen LogP contribution is 2.21. The molecule has 2 aromatic rings. The molecule has 0 aliphatic carbocycles. The number of amides is 4. The minimum atomic E-state index is -1.19. The molecule has 1 aliphatic heterocycles. The summed E-state index contributed by atoms with van der Waals surface area (Å²) in [5.74, 6) is -3.72. The average Bonchev–Trinajstić information content (AvgIpc) is 3.54. The highest BCUT2D eigenvalue weighted by molar-refractivity contribution is 5.96. The van der Waals surface area contributed by atoms with Crippen LogP contribution in [0.5, 0.6) is 0 Å². The molecule has 212 valence electrons. The Morgan fingerprint density at radius 1 is 1.10 bits per heavy atom. The van der Waals surface area contributed by atoms with Crippen LogP contribution in [0.3, 0.4) is 0 Å². The molecule has 10 N–H and O–H groups in total. The summed E-state index contributed by atoms with van der Waals surface area (Å²) in [7, 11) is 0. The Kier molecular flexibility index (Phi) is 10.4. The Hall–Kier alpha value is -3.97. The standard InChI is InChI=1S/C26H37N7O6/c27-10-4-3-8-19(26(38)39)31-23(35)20(12-15-14-30-18-7-2-1-6-16(15)18)32-24(36)21-9-5-11-33(21)25(37)17(28)13-22(29)34/h1-2,6-7,14,17,19-21,30H,3-5,8-13,27-28H2,(H2,29,34)(H,31,35)(H,32,36)(H,38,39). The topological polar surface area (TPSA) is 227 Å². The van der Waals surface area contributed by atoms with Gasteiger partial charge in [0.25, 0.3) is 0 Å². The number of unbranched alkanes of at least 4 members (excludes halogenated alkanes) is 1. The molecule has 39 heavy (non-hydrogen) atoms. The van der Waals surface area contributed by atoms with Crippen molar-refractivity contribution in [2.75, 3.05) is 13.1 Å². The highest BCUT2D eigenvalue weighted by atomic mass is 16.4. The lowest BCUT2D eigenvalue weighted by atomic mass is 10.0. The minimum Gasteiger partial charge on any atom is -0.480 e. The molecular formula is C26H37N7O6. The zero-order valence-corrected chi connectivity index (χ0v) is 21.7. The monoisotopic (exact) mass is 543 g/mol. The van der Waals surface area contributed by atoms with E-state index in [1.54, 1.807) is 6.20 Å². The van der Waals surface area contributed by atoms with E-state index in [9.17, 15) is 29.1 Å². The van der Waals surface area contributed by atoms with E-state index < -0.39 is 53.8 Å². The largest absolute Gasteiger partial charge is 0.480 e. The summed E-state index contributed by atoms with van der Waals surface area (Å²) in [6.45, 7) is 0.671. The second-order valence-electron chi connectivity index (χ2n) is 9.78. The van der Waals surface area contributed by atoms with Crippen LogP contribution in [0.1, 0.15) is 44.1 Å². The zero-order chi connectivity index (χ0) is 28.5. The van der Waals surface area contributed by atoms with Gasteiger partial charge in [-0.05, 0) is 50.3 Å². The molecule has 0 saturated carbocycles. The molecule has 1 aromatic carbocycles. The number of carbonyl (C=O) groups excluding carboxylic acids is 4. The first-order valence-corrected chi connectivity index (χ1v) is 13.0. The van der Waals surface area contributed by atoms with Crippen molar-refractivity contribution in [3.05, 3.63) is 36.0 Å². The molecule has 0 radical (unpaired) electrons. The number of nitrogens with zero attached hydrogens (tertiary/aromatic N) is 1. The third-order valence-corrected chi connectivity index (χ3v) is 6.87. The number of rotatable bonds is 14. The SMILES string of the molecule is NCCCCC(NC(=O)C(Cc1c[nH]c2ccccc12)NC(=O)C1CCCN1C(=O)C(N)CC(N)=O)C(=O)O. The van der Waals surface area contributed by atoms with Gasteiger partial charge in [0.15, 0.2) is 0 Å². The van der Waals surface area contributed by atoms with E-state index in [-0.39, 0.29) is 25.8 Å². The number of H-pyrrole nitrogens is 1. The molecule has 2 heterocycles. The summed E-state index contributed by atoms with van der Waals surface area (Å²) in [6.07, 6.45) is 3.66. The van der Waals surface area contributed by atoms with Gasteiger partial charge in [-0.15, -0.1) is 0 Å². The fraction of sp³-hybridized carbons (Fsp3) is 0.500. The van der Waals surface area contributed by atoms with E-state index in [0.29, 0.717) is 32.2 Å². The van der Waals surface area contributed by atoms with Crippen LogP contribution in [-0.2, 0) is 30.4 Å². The molecule has 4 amide bonds. The van der Waals surface area contributed by atoms with Gasteiger partial charge in [-0.2, -0.15) is 0 Å². The molecule has 1 aromatic heterocycles. The van der Waals surface area contributed by atoms with Gasteiger partial charge in [0, 0.05) is 30.1 Å². The quantitative estimate of drug-likeness (QED) is 0.147. The minimum absolute atomic E-state index is 0.0819. The van der Waals surface area contributed by atoms with E-state index in [4.69, 9.17) is 17.2 Å². The van der Waals surface area contributed by atoms with Crippen molar-refractivity contribution in [3.8, 4) is 0 Å². The van der Waals surface area contributed by atoms with Gasteiger partial charge >= 0.3 is 5.97 Å². The molecule has 0 spiro atoms. The van der Waals surface area contributed by atoms with Crippen molar-refractivity contribution >= 4 is 40.5 Å². The molecule has 3 rings (SSSR count). The van der Waals surface area contributed by atoms with Gasteiger partial charge in [0.1, 0.15) is 18.1 Å².